The fourth-order valence-corrected chi connectivity index (χ4v) is 3.17. The number of nitrogens with zero attached hydrogens (tertiary/aromatic N) is 2. The van der Waals surface area contributed by atoms with Crippen molar-refractivity contribution in [3.63, 3.8) is 0 Å². The Kier molecular flexibility index (Phi) is 5.43. The SMILES string of the molecule is CC1CCN(C(CNS(=O)(=O)N(C)C)c2ccco2)CC1. The van der Waals surface area contributed by atoms with Gasteiger partial charge in [0, 0.05) is 20.6 Å². The molecule has 1 aromatic rings. The molecular weight excluding hydrogens is 290 g/mol. The van der Waals surface area contributed by atoms with Gasteiger partial charge in [-0.05, 0) is 44.0 Å². The zero-order valence-electron chi connectivity index (χ0n) is 12.9. The van der Waals surface area contributed by atoms with Crippen LogP contribution in [-0.4, -0.2) is 51.4 Å². The van der Waals surface area contributed by atoms with E-state index in [0.29, 0.717) is 6.54 Å². The predicted octanol–water partition coefficient (Wildman–Crippen LogP) is 1.45. The molecule has 1 aliphatic rings. The van der Waals surface area contributed by atoms with Crippen molar-refractivity contribution in [1.29, 1.82) is 0 Å². The molecule has 0 aliphatic carbocycles. The Morgan fingerprint density at radius 1 is 1.43 bits per heavy atom. The first-order valence-electron chi connectivity index (χ1n) is 7.34. The molecule has 21 heavy (non-hydrogen) atoms. The minimum absolute atomic E-state index is 0.0535. The molecule has 0 bridgehead atoms. The lowest BCUT2D eigenvalue weighted by Gasteiger charge is -2.35. The van der Waals surface area contributed by atoms with Crippen molar-refractivity contribution < 1.29 is 12.8 Å². The van der Waals surface area contributed by atoms with Crippen LogP contribution >= 0.6 is 0 Å². The number of hydrogen-bond acceptors (Lipinski definition) is 4. The highest BCUT2D eigenvalue weighted by molar-refractivity contribution is 7.87. The Balaban J connectivity index is 2.07. The van der Waals surface area contributed by atoms with Crippen LogP contribution < -0.4 is 4.72 Å². The first-order chi connectivity index (χ1) is 9.90. The van der Waals surface area contributed by atoms with E-state index in [1.807, 2.05) is 12.1 Å². The van der Waals surface area contributed by atoms with Gasteiger partial charge in [-0.15, -0.1) is 0 Å². The van der Waals surface area contributed by atoms with Gasteiger partial charge in [0.15, 0.2) is 0 Å². The number of nitrogens with one attached hydrogen (secondary N) is 1. The van der Waals surface area contributed by atoms with Crippen LogP contribution in [-0.2, 0) is 10.2 Å². The maximum Gasteiger partial charge on any atom is 0.278 e. The van der Waals surface area contributed by atoms with Crippen LogP contribution in [0.15, 0.2) is 22.8 Å². The Hall–Kier alpha value is -0.890. The minimum Gasteiger partial charge on any atom is -0.468 e. The topological polar surface area (TPSA) is 65.8 Å². The zero-order valence-corrected chi connectivity index (χ0v) is 13.8. The summed E-state index contributed by atoms with van der Waals surface area (Å²) >= 11 is 0. The first kappa shape index (κ1) is 16.5. The number of rotatable bonds is 6. The van der Waals surface area contributed by atoms with Gasteiger partial charge in [-0.25, -0.2) is 4.72 Å². The van der Waals surface area contributed by atoms with E-state index in [-0.39, 0.29) is 6.04 Å². The van der Waals surface area contributed by atoms with Gasteiger partial charge in [-0.2, -0.15) is 12.7 Å². The molecule has 2 heterocycles. The molecule has 0 radical (unpaired) electrons. The van der Waals surface area contributed by atoms with Gasteiger partial charge in [0.05, 0.1) is 12.3 Å². The zero-order chi connectivity index (χ0) is 15.5. The Labute approximate surface area is 127 Å². The summed E-state index contributed by atoms with van der Waals surface area (Å²) in [6, 6.07) is 3.70. The molecule has 1 saturated heterocycles. The van der Waals surface area contributed by atoms with Gasteiger partial charge >= 0.3 is 0 Å². The molecule has 7 heteroatoms. The van der Waals surface area contributed by atoms with Crippen LogP contribution in [0.25, 0.3) is 0 Å². The van der Waals surface area contributed by atoms with Crippen LogP contribution in [0.2, 0.25) is 0 Å². The summed E-state index contributed by atoms with van der Waals surface area (Å²) in [5.41, 5.74) is 0. The smallest absolute Gasteiger partial charge is 0.278 e. The molecule has 0 spiro atoms. The average Bonchev–Trinajstić information content (AvgIpc) is 2.94. The van der Waals surface area contributed by atoms with Gasteiger partial charge in [0.1, 0.15) is 5.76 Å². The van der Waals surface area contributed by atoms with E-state index in [1.54, 1.807) is 6.26 Å². The van der Waals surface area contributed by atoms with Crippen LogP contribution in [0, 0.1) is 5.92 Å². The molecule has 1 atom stereocenters. The lowest BCUT2D eigenvalue weighted by Crippen LogP contribution is -2.44. The summed E-state index contributed by atoms with van der Waals surface area (Å²) in [7, 11) is -0.377. The van der Waals surface area contributed by atoms with E-state index >= 15 is 0 Å². The predicted molar refractivity (Wildman–Crippen MR) is 82.0 cm³/mol. The summed E-state index contributed by atoms with van der Waals surface area (Å²) in [5, 5.41) is 0. The number of furan rings is 1. The Bertz CT molecular complexity index is 520. The summed E-state index contributed by atoms with van der Waals surface area (Å²) in [4.78, 5) is 2.30. The highest BCUT2D eigenvalue weighted by atomic mass is 32.2. The van der Waals surface area contributed by atoms with Crippen molar-refractivity contribution in [2.45, 2.75) is 25.8 Å². The second-order valence-corrected chi connectivity index (χ2v) is 7.85. The summed E-state index contributed by atoms with van der Waals surface area (Å²) in [5.74, 6) is 1.54. The van der Waals surface area contributed by atoms with E-state index in [0.717, 1.165) is 37.6 Å². The molecule has 0 saturated carbocycles. The van der Waals surface area contributed by atoms with E-state index in [9.17, 15) is 8.42 Å². The maximum absolute atomic E-state index is 11.9. The highest BCUT2D eigenvalue weighted by Crippen LogP contribution is 2.26. The van der Waals surface area contributed by atoms with Crippen molar-refractivity contribution >= 4 is 10.2 Å². The maximum atomic E-state index is 11.9. The van der Waals surface area contributed by atoms with Crippen molar-refractivity contribution in [1.82, 2.24) is 13.9 Å². The number of likely N-dealkylation sites (tertiary alicyclic amines) is 1. The lowest BCUT2D eigenvalue weighted by molar-refractivity contribution is 0.124. The van der Waals surface area contributed by atoms with E-state index in [1.165, 1.54) is 18.4 Å². The second-order valence-electron chi connectivity index (χ2n) is 5.89. The van der Waals surface area contributed by atoms with Crippen molar-refractivity contribution in [2.24, 2.45) is 5.92 Å². The third-order valence-corrected chi connectivity index (χ3v) is 5.56. The highest BCUT2D eigenvalue weighted by Gasteiger charge is 2.28. The first-order valence-corrected chi connectivity index (χ1v) is 8.78. The Morgan fingerprint density at radius 2 is 2.10 bits per heavy atom. The molecule has 1 N–H and O–H groups in total. The van der Waals surface area contributed by atoms with E-state index < -0.39 is 10.2 Å². The molecule has 0 aromatic carbocycles. The normalized spacial score (nSPS) is 20.0. The van der Waals surface area contributed by atoms with Crippen molar-refractivity contribution in [2.75, 3.05) is 33.7 Å². The monoisotopic (exact) mass is 315 g/mol. The lowest BCUT2D eigenvalue weighted by atomic mass is 9.97. The van der Waals surface area contributed by atoms with Crippen LogP contribution in [0.3, 0.4) is 0 Å². The Morgan fingerprint density at radius 3 is 2.62 bits per heavy atom. The minimum atomic E-state index is -3.42. The molecule has 1 fully saturated rings. The molecular formula is C14H25N3O3S. The fourth-order valence-electron chi connectivity index (χ4n) is 2.54. The van der Waals surface area contributed by atoms with Gasteiger partial charge in [0.25, 0.3) is 10.2 Å². The van der Waals surface area contributed by atoms with E-state index in [2.05, 4.69) is 16.5 Å². The molecule has 1 aromatic heterocycles. The van der Waals surface area contributed by atoms with Crippen LogP contribution in [0.5, 0.6) is 0 Å². The van der Waals surface area contributed by atoms with Crippen LogP contribution in [0.4, 0.5) is 0 Å². The number of hydrogen-bond donors (Lipinski definition) is 1. The third-order valence-electron chi connectivity index (χ3n) is 4.07. The molecule has 120 valence electrons. The average molecular weight is 315 g/mol. The molecule has 6 nitrogen and oxygen atoms in total. The van der Waals surface area contributed by atoms with Crippen molar-refractivity contribution in [3.8, 4) is 0 Å². The molecule has 0 amide bonds. The van der Waals surface area contributed by atoms with Crippen LogP contribution in [0.1, 0.15) is 31.6 Å². The van der Waals surface area contributed by atoms with E-state index in [4.69, 9.17) is 4.42 Å². The third kappa shape index (κ3) is 4.29. The summed E-state index contributed by atoms with van der Waals surface area (Å²) < 4.78 is 33.2. The molecule has 1 aliphatic heterocycles. The summed E-state index contributed by atoms with van der Waals surface area (Å²) in [6.07, 6.45) is 3.91. The second kappa shape index (κ2) is 6.91. The molecule has 1 unspecified atom stereocenters. The fraction of sp³-hybridized carbons (Fsp3) is 0.714. The van der Waals surface area contributed by atoms with Gasteiger partial charge in [-0.1, -0.05) is 6.92 Å². The summed E-state index contributed by atoms with van der Waals surface area (Å²) in [6.45, 7) is 4.52. The van der Waals surface area contributed by atoms with Gasteiger partial charge < -0.3 is 4.42 Å². The van der Waals surface area contributed by atoms with Gasteiger partial charge in [-0.3, -0.25) is 4.90 Å². The largest absolute Gasteiger partial charge is 0.468 e. The van der Waals surface area contributed by atoms with Crippen molar-refractivity contribution in [3.05, 3.63) is 24.2 Å². The molecule has 2 rings (SSSR count). The van der Waals surface area contributed by atoms with Gasteiger partial charge in [0.2, 0.25) is 0 Å². The standard InChI is InChI=1S/C14H25N3O3S/c1-12-6-8-17(9-7-12)13(14-5-4-10-20-14)11-15-21(18,19)16(2)3/h4-5,10,12-13,15H,6-9,11H2,1-3H3. The number of piperidine rings is 1. The quantitative estimate of drug-likeness (QED) is 0.863.